The Labute approximate surface area is 187 Å². The minimum absolute atomic E-state index is 0.0470. The van der Waals surface area contributed by atoms with Crippen molar-refractivity contribution in [2.75, 3.05) is 36.9 Å². The molecule has 0 atom stereocenters. The summed E-state index contributed by atoms with van der Waals surface area (Å²) in [6.45, 7) is 6.59. The summed E-state index contributed by atoms with van der Waals surface area (Å²) in [4.78, 5) is 39.2. The molecule has 3 N–H and O–H groups in total. The molecule has 9 nitrogen and oxygen atoms in total. The first kappa shape index (κ1) is 22.9. The zero-order chi connectivity index (χ0) is 23.1. The van der Waals surface area contributed by atoms with E-state index in [2.05, 4.69) is 16.0 Å². The summed E-state index contributed by atoms with van der Waals surface area (Å²) in [5.41, 5.74) is 1.23. The number of nitrogens with zero attached hydrogens (tertiary/aromatic N) is 1. The van der Waals surface area contributed by atoms with E-state index >= 15 is 0 Å². The van der Waals surface area contributed by atoms with Crippen LogP contribution in [0.25, 0.3) is 0 Å². The molecule has 1 heterocycles. The molecule has 9 heteroatoms. The molecule has 0 unspecified atom stereocenters. The molecule has 0 aliphatic carbocycles. The second-order valence-electron chi connectivity index (χ2n) is 7.52. The third-order valence-electron chi connectivity index (χ3n) is 4.65. The van der Waals surface area contributed by atoms with E-state index in [0.29, 0.717) is 48.2 Å². The van der Waals surface area contributed by atoms with Gasteiger partial charge in [0.1, 0.15) is 19.8 Å². The van der Waals surface area contributed by atoms with Gasteiger partial charge in [0.25, 0.3) is 5.91 Å². The third kappa shape index (κ3) is 5.90. The number of hydrogen-bond acceptors (Lipinski definition) is 5. The number of nitrogens with one attached hydrogen (secondary N) is 3. The highest BCUT2D eigenvalue weighted by atomic mass is 16.6. The van der Waals surface area contributed by atoms with Gasteiger partial charge in [0, 0.05) is 24.3 Å². The van der Waals surface area contributed by atoms with E-state index in [1.807, 2.05) is 13.8 Å². The topological polar surface area (TPSA) is 109 Å². The SMILES string of the molecule is CCN(CC(=O)Nc1ccc2c(c1)OCCO2)C(=O)c1ccccc1NC(=O)NC(C)C. The molecule has 2 aromatic carbocycles. The molecule has 1 aliphatic heterocycles. The smallest absolute Gasteiger partial charge is 0.319 e. The van der Waals surface area contributed by atoms with Crippen molar-refractivity contribution < 1.29 is 23.9 Å². The van der Waals surface area contributed by atoms with E-state index < -0.39 is 6.03 Å². The Kier molecular flexibility index (Phi) is 7.54. The molecule has 0 bridgehead atoms. The van der Waals surface area contributed by atoms with E-state index in [9.17, 15) is 14.4 Å². The Morgan fingerprint density at radius 3 is 2.44 bits per heavy atom. The summed E-state index contributed by atoms with van der Waals surface area (Å²) in [5.74, 6) is 0.493. The Balaban J connectivity index is 1.67. The highest BCUT2D eigenvalue weighted by Gasteiger charge is 2.21. The van der Waals surface area contributed by atoms with Crippen LogP contribution in [0, 0.1) is 0 Å². The van der Waals surface area contributed by atoms with Gasteiger partial charge in [-0.1, -0.05) is 12.1 Å². The molecule has 0 radical (unpaired) electrons. The van der Waals surface area contributed by atoms with Crippen LogP contribution >= 0.6 is 0 Å². The molecular weight excluding hydrogens is 412 g/mol. The van der Waals surface area contributed by atoms with E-state index in [1.165, 1.54) is 4.90 Å². The van der Waals surface area contributed by atoms with Crippen LogP contribution in [0.15, 0.2) is 42.5 Å². The second kappa shape index (κ2) is 10.5. The van der Waals surface area contributed by atoms with E-state index in [0.717, 1.165) is 0 Å². The number of anilines is 2. The lowest BCUT2D eigenvalue weighted by Crippen LogP contribution is -2.39. The number of carbonyl (C=O) groups excluding carboxylic acids is 3. The Hall–Kier alpha value is -3.75. The fraction of sp³-hybridized carbons (Fsp3) is 0.348. The zero-order valence-corrected chi connectivity index (χ0v) is 18.4. The highest BCUT2D eigenvalue weighted by Crippen LogP contribution is 2.32. The van der Waals surface area contributed by atoms with Crippen LogP contribution in [0.5, 0.6) is 11.5 Å². The number of urea groups is 1. The van der Waals surface area contributed by atoms with Gasteiger partial charge in [-0.3, -0.25) is 9.59 Å². The van der Waals surface area contributed by atoms with Crippen molar-refractivity contribution in [3.05, 3.63) is 48.0 Å². The number of fused-ring (bicyclic) bond motifs is 1. The largest absolute Gasteiger partial charge is 0.486 e. The van der Waals surface area contributed by atoms with Gasteiger partial charge in [0.15, 0.2) is 11.5 Å². The van der Waals surface area contributed by atoms with Crippen molar-refractivity contribution in [3.8, 4) is 11.5 Å². The van der Waals surface area contributed by atoms with E-state index in [1.54, 1.807) is 49.4 Å². The van der Waals surface area contributed by atoms with Gasteiger partial charge < -0.3 is 30.3 Å². The summed E-state index contributed by atoms with van der Waals surface area (Å²) in [6, 6.07) is 11.4. The summed E-state index contributed by atoms with van der Waals surface area (Å²) in [5, 5.41) is 8.21. The van der Waals surface area contributed by atoms with Crippen molar-refractivity contribution in [2.24, 2.45) is 0 Å². The van der Waals surface area contributed by atoms with Crippen LogP contribution in [0.4, 0.5) is 16.2 Å². The Morgan fingerprint density at radius 2 is 1.72 bits per heavy atom. The van der Waals surface area contributed by atoms with Crippen LogP contribution in [-0.4, -0.2) is 55.1 Å². The van der Waals surface area contributed by atoms with Gasteiger partial charge in [-0.15, -0.1) is 0 Å². The first-order chi connectivity index (χ1) is 15.4. The predicted octanol–water partition coefficient (Wildman–Crippen LogP) is 3.09. The first-order valence-electron chi connectivity index (χ1n) is 10.5. The number of rotatable bonds is 7. The summed E-state index contributed by atoms with van der Waals surface area (Å²) in [6.07, 6.45) is 0. The standard InChI is InChI=1S/C23H28N4O5/c1-4-27(14-21(28)25-16-9-10-19-20(13-16)32-12-11-31-19)22(29)17-7-5-6-8-18(17)26-23(30)24-15(2)3/h5-10,13,15H,4,11-12,14H2,1-3H3,(H,25,28)(H2,24,26,30). The maximum absolute atomic E-state index is 13.1. The Morgan fingerprint density at radius 1 is 1.00 bits per heavy atom. The molecule has 0 aromatic heterocycles. The number of likely N-dealkylation sites (N-methyl/N-ethyl adjacent to an activating group) is 1. The van der Waals surface area contributed by atoms with Crippen molar-refractivity contribution in [1.82, 2.24) is 10.2 Å². The molecule has 2 aromatic rings. The number of para-hydroxylation sites is 1. The average molecular weight is 441 g/mol. The molecule has 3 rings (SSSR count). The van der Waals surface area contributed by atoms with Crippen LogP contribution in [-0.2, 0) is 4.79 Å². The lowest BCUT2D eigenvalue weighted by Gasteiger charge is -2.22. The van der Waals surface area contributed by atoms with Crippen molar-refractivity contribution in [2.45, 2.75) is 26.8 Å². The molecule has 0 spiro atoms. The monoisotopic (exact) mass is 440 g/mol. The van der Waals surface area contributed by atoms with Gasteiger partial charge in [-0.05, 0) is 45.0 Å². The minimum atomic E-state index is -0.403. The lowest BCUT2D eigenvalue weighted by atomic mass is 10.1. The van der Waals surface area contributed by atoms with E-state index in [-0.39, 0.29) is 24.4 Å². The number of carbonyl (C=O) groups is 3. The molecule has 4 amide bonds. The van der Waals surface area contributed by atoms with Gasteiger partial charge in [0.05, 0.1) is 11.3 Å². The van der Waals surface area contributed by atoms with Crippen molar-refractivity contribution in [3.63, 3.8) is 0 Å². The maximum Gasteiger partial charge on any atom is 0.319 e. The second-order valence-corrected chi connectivity index (χ2v) is 7.52. The minimum Gasteiger partial charge on any atom is -0.486 e. The number of benzene rings is 2. The fourth-order valence-corrected chi connectivity index (χ4v) is 3.19. The number of ether oxygens (including phenoxy) is 2. The number of hydrogen-bond donors (Lipinski definition) is 3. The van der Waals surface area contributed by atoms with Gasteiger partial charge >= 0.3 is 6.03 Å². The molecule has 1 aliphatic rings. The zero-order valence-electron chi connectivity index (χ0n) is 18.4. The molecule has 0 fully saturated rings. The highest BCUT2D eigenvalue weighted by molar-refractivity contribution is 6.05. The lowest BCUT2D eigenvalue weighted by molar-refractivity contribution is -0.116. The van der Waals surface area contributed by atoms with Crippen LogP contribution in [0.2, 0.25) is 0 Å². The molecule has 0 saturated heterocycles. The summed E-state index contributed by atoms with van der Waals surface area (Å²) in [7, 11) is 0. The average Bonchev–Trinajstić information content (AvgIpc) is 2.76. The molecule has 32 heavy (non-hydrogen) atoms. The Bertz CT molecular complexity index is 992. The predicted molar refractivity (Wildman–Crippen MR) is 121 cm³/mol. The normalized spacial score (nSPS) is 12.1. The van der Waals surface area contributed by atoms with Gasteiger partial charge in [-0.25, -0.2) is 4.79 Å². The molecular formula is C23H28N4O5. The van der Waals surface area contributed by atoms with Gasteiger partial charge in [0.2, 0.25) is 5.91 Å². The van der Waals surface area contributed by atoms with Gasteiger partial charge in [-0.2, -0.15) is 0 Å². The van der Waals surface area contributed by atoms with Crippen molar-refractivity contribution in [1.29, 1.82) is 0 Å². The van der Waals surface area contributed by atoms with Crippen LogP contribution in [0.3, 0.4) is 0 Å². The first-order valence-corrected chi connectivity index (χ1v) is 10.5. The van der Waals surface area contributed by atoms with Crippen LogP contribution < -0.4 is 25.4 Å². The maximum atomic E-state index is 13.1. The van der Waals surface area contributed by atoms with E-state index in [4.69, 9.17) is 9.47 Å². The molecule has 170 valence electrons. The van der Waals surface area contributed by atoms with Crippen molar-refractivity contribution >= 4 is 29.2 Å². The fourth-order valence-electron chi connectivity index (χ4n) is 3.19. The van der Waals surface area contributed by atoms with Crippen LogP contribution in [0.1, 0.15) is 31.1 Å². The summed E-state index contributed by atoms with van der Waals surface area (Å²) >= 11 is 0. The molecule has 0 saturated carbocycles. The third-order valence-corrected chi connectivity index (χ3v) is 4.65. The number of amides is 4. The quantitative estimate of drug-likeness (QED) is 0.613. The summed E-state index contributed by atoms with van der Waals surface area (Å²) < 4.78 is 11.0.